The maximum Gasteiger partial charge on any atom is 0.141 e. The lowest BCUT2D eigenvalue weighted by Gasteiger charge is -2.23. The van der Waals surface area contributed by atoms with Gasteiger partial charge >= 0.3 is 0 Å². The van der Waals surface area contributed by atoms with Crippen molar-refractivity contribution >= 4 is 28.1 Å². The summed E-state index contributed by atoms with van der Waals surface area (Å²) in [7, 11) is 0. The Kier molecular flexibility index (Phi) is 5.42. The molecular weight excluding hydrogens is 390 g/mol. The second-order valence-corrected chi connectivity index (χ2v) is 8.34. The van der Waals surface area contributed by atoms with Crippen molar-refractivity contribution in [2.45, 2.75) is 31.8 Å². The number of aromatic nitrogens is 2. The Morgan fingerprint density at radius 1 is 1.06 bits per heavy atom. The third-order valence-electron chi connectivity index (χ3n) is 5.95. The Balaban J connectivity index is 1.38. The third kappa shape index (κ3) is 4.46. The van der Waals surface area contributed by atoms with Crippen LogP contribution in [0.1, 0.15) is 36.8 Å². The average Bonchev–Trinajstić information content (AvgIpc) is 3.61. The molecule has 3 aromatic rings. The minimum absolute atomic E-state index is 0.308. The molecule has 1 saturated carbocycles. The van der Waals surface area contributed by atoms with E-state index in [0.29, 0.717) is 34.9 Å². The minimum atomic E-state index is 0.308. The van der Waals surface area contributed by atoms with Crippen LogP contribution in [0.3, 0.4) is 0 Å². The van der Waals surface area contributed by atoms with Gasteiger partial charge in [-0.2, -0.15) is 0 Å². The standard InChI is InChI=1S/C24H27N5O2/c25-22(18-2-1-17-12-20(31-19-5-6-19)4-3-16(17)11-18)21-23(26)28-14-29-24(21)27-13-15-7-9-30-10-8-15/h1-4,11-12,14-15,19,25H,5-10,13H2,(H3,26,27,28,29). The number of anilines is 2. The van der Waals surface area contributed by atoms with Crippen molar-refractivity contribution in [3.8, 4) is 5.75 Å². The first-order chi connectivity index (χ1) is 15.2. The van der Waals surface area contributed by atoms with Crippen molar-refractivity contribution in [2.75, 3.05) is 30.8 Å². The van der Waals surface area contributed by atoms with E-state index in [4.69, 9.17) is 20.6 Å². The zero-order valence-electron chi connectivity index (χ0n) is 17.4. The average molecular weight is 418 g/mol. The van der Waals surface area contributed by atoms with Crippen LogP contribution in [-0.2, 0) is 4.74 Å². The van der Waals surface area contributed by atoms with E-state index in [-0.39, 0.29) is 0 Å². The van der Waals surface area contributed by atoms with Crippen LogP contribution in [0.15, 0.2) is 42.7 Å². The van der Waals surface area contributed by atoms with Gasteiger partial charge in [0, 0.05) is 25.3 Å². The summed E-state index contributed by atoms with van der Waals surface area (Å²) in [5, 5.41) is 14.4. The van der Waals surface area contributed by atoms with Gasteiger partial charge < -0.3 is 20.5 Å². The summed E-state index contributed by atoms with van der Waals surface area (Å²) in [6.45, 7) is 2.37. The number of nitrogens with one attached hydrogen (secondary N) is 2. The van der Waals surface area contributed by atoms with Gasteiger partial charge in [-0.05, 0) is 60.6 Å². The predicted molar refractivity (Wildman–Crippen MR) is 122 cm³/mol. The summed E-state index contributed by atoms with van der Waals surface area (Å²) >= 11 is 0. The molecule has 1 aromatic heterocycles. The molecule has 160 valence electrons. The van der Waals surface area contributed by atoms with Crippen LogP contribution >= 0.6 is 0 Å². The Labute approximate surface area is 181 Å². The number of nitrogen functional groups attached to an aromatic ring is 1. The van der Waals surface area contributed by atoms with Crippen LogP contribution in [0.4, 0.5) is 11.6 Å². The van der Waals surface area contributed by atoms with Crippen LogP contribution in [-0.4, -0.2) is 41.5 Å². The highest BCUT2D eigenvalue weighted by atomic mass is 16.5. The first-order valence-electron chi connectivity index (χ1n) is 10.9. The smallest absolute Gasteiger partial charge is 0.141 e. The number of benzene rings is 2. The fraction of sp³-hybridized carbons (Fsp3) is 0.375. The molecule has 2 aliphatic rings. The third-order valence-corrected chi connectivity index (χ3v) is 5.95. The van der Waals surface area contributed by atoms with E-state index in [0.717, 1.165) is 67.5 Å². The van der Waals surface area contributed by atoms with Gasteiger partial charge in [0.2, 0.25) is 0 Å². The van der Waals surface area contributed by atoms with E-state index in [1.165, 1.54) is 6.33 Å². The molecule has 0 atom stereocenters. The highest BCUT2D eigenvalue weighted by Gasteiger charge is 2.23. The quantitative estimate of drug-likeness (QED) is 0.502. The van der Waals surface area contributed by atoms with Crippen molar-refractivity contribution in [1.82, 2.24) is 9.97 Å². The van der Waals surface area contributed by atoms with Gasteiger partial charge in [0.25, 0.3) is 0 Å². The van der Waals surface area contributed by atoms with E-state index in [9.17, 15) is 0 Å². The highest BCUT2D eigenvalue weighted by Crippen LogP contribution is 2.30. The van der Waals surface area contributed by atoms with E-state index < -0.39 is 0 Å². The Morgan fingerprint density at radius 2 is 1.84 bits per heavy atom. The summed E-state index contributed by atoms with van der Waals surface area (Å²) in [5.74, 6) is 2.35. The van der Waals surface area contributed by atoms with Crippen molar-refractivity contribution < 1.29 is 9.47 Å². The Hall–Kier alpha value is -3.19. The minimum Gasteiger partial charge on any atom is -0.490 e. The molecule has 5 rings (SSSR count). The summed E-state index contributed by atoms with van der Waals surface area (Å²) < 4.78 is 11.3. The molecule has 1 saturated heterocycles. The SMILES string of the molecule is N=C(c1ccc2cc(OC3CC3)ccc2c1)c1c(N)ncnc1NCC1CCOCC1. The molecule has 1 aliphatic heterocycles. The largest absolute Gasteiger partial charge is 0.490 e. The second kappa shape index (κ2) is 8.51. The molecule has 0 unspecified atom stereocenters. The molecular formula is C24H27N5O2. The number of hydrogen-bond donors (Lipinski definition) is 3. The summed E-state index contributed by atoms with van der Waals surface area (Å²) in [6.07, 6.45) is 6.15. The van der Waals surface area contributed by atoms with Crippen LogP contribution in [0.5, 0.6) is 5.75 Å². The van der Waals surface area contributed by atoms with Crippen LogP contribution in [0, 0.1) is 11.3 Å². The molecule has 2 aromatic carbocycles. The molecule has 1 aliphatic carbocycles. The van der Waals surface area contributed by atoms with E-state index >= 15 is 0 Å². The van der Waals surface area contributed by atoms with Gasteiger partial charge in [0.05, 0.1) is 17.4 Å². The number of fused-ring (bicyclic) bond motifs is 1. The topological polar surface area (TPSA) is 106 Å². The highest BCUT2D eigenvalue weighted by molar-refractivity contribution is 6.17. The molecule has 0 radical (unpaired) electrons. The molecule has 2 heterocycles. The van der Waals surface area contributed by atoms with Crippen LogP contribution < -0.4 is 15.8 Å². The number of ether oxygens (including phenoxy) is 2. The maximum atomic E-state index is 8.85. The summed E-state index contributed by atoms with van der Waals surface area (Å²) in [4.78, 5) is 8.52. The lowest BCUT2D eigenvalue weighted by Crippen LogP contribution is -2.24. The van der Waals surface area contributed by atoms with Gasteiger partial charge in [0.15, 0.2) is 0 Å². The van der Waals surface area contributed by atoms with Crippen molar-refractivity contribution in [1.29, 1.82) is 5.41 Å². The fourth-order valence-corrected chi connectivity index (χ4v) is 3.95. The predicted octanol–water partition coefficient (Wildman–Crippen LogP) is 4.01. The number of nitrogens with zero attached hydrogens (tertiary/aromatic N) is 2. The molecule has 0 spiro atoms. The van der Waals surface area contributed by atoms with Crippen molar-refractivity contribution in [2.24, 2.45) is 5.92 Å². The fourth-order valence-electron chi connectivity index (χ4n) is 3.95. The monoisotopic (exact) mass is 417 g/mol. The number of hydrogen-bond acceptors (Lipinski definition) is 7. The first kappa shape index (κ1) is 19.8. The lowest BCUT2D eigenvalue weighted by molar-refractivity contribution is 0.0699. The Bertz CT molecular complexity index is 1110. The normalized spacial score (nSPS) is 16.9. The van der Waals surface area contributed by atoms with Gasteiger partial charge in [-0.25, -0.2) is 9.97 Å². The Morgan fingerprint density at radius 3 is 2.65 bits per heavy atom. The number of nitrogens with two attached hydrogens (primary N) is 1. The molecule has 4 N–H and O–H groups in total. The zero-order chi connectivity index (χ0) is 21.2. The van der Waals surface area contributed by atoms with Crippen LogP contribution in [0.25, 0.3) is 10.8 Å². The van der Waals surface area contributed by atoms with Gasteiger partial charge in [-0.3, -0.25) is 5.41 Å². The molecule has 0 bridgehead atoms. The lowest BCUT2D eigenvalue weighted by atomic mass is 9.98. The maximum absolute atomic E-state index is 8.85. The van der Waals surface area contributed by atoms with Gasteiger partial charge in [0.1, 0.15) is 23.7 Å². The first-order valence-corrected chi connectivity index (χ1v) is 10.9. The molecule has 7 heteroatoms. The van der Waals surface area contributed by atoms with Crippen LogP contribution in [0.2, 0.25) is 0 Å². The molecule has 7 nitrogen and oxygen atoms in total. The molecule has 0 amide bonds. The second-order valence-electron chi connectivity index (χ2n) is 8.34. The summed E-state index contributed by atoms with van der Waals surface area (Å²) in [5.41, 5.74) is 7.82. The van der Waals surface area contributed by atoms with Gasteiger partial charge in [-0.1, -0.05) is 18.2 Å². The van der Waals surface area contributed by atoms with Crippen molar-refractivity contribution in [3.05, 3.63) is 53.9 Å². The van der Waals surface area contributed by atoms with Gasteiger partial charge in [-0.15, -0.1) is 0 Å². The van der Waals surface area contributed by atoms with E-state index in [1.807, 2.05) is 30.3 Å². The molecule has 31 heavy (non-hydrogen) atoms. The number of rotatable bonds is 7. The molecule has 2 fully saturated rings. The van der Waals surface area contributed by atoms with Crippen molar-refractivity contribution in [3.63, 3.8) is 0 Å². The van der Waals surface area contributed by atoms with E-state index in [2.05, 4.69) is 21.4 Å². The zero-order valence-corrected chi connectivity index (χ0v) is 17.4. The summed E-state index contributed by atoms with van der Waals surface area (Å²) in [6, 6.07) is 12.1. The van der Waals surface area contributed by atoms with E-state index in [1.54, 1.807) is 0 Å².